The molecule has 3 aromatic rings. The summed E-state index contributed by atoms with van der Waals surface area (Å²) < 4.78 is 12.3. The average Bonchev–Trinajstić information content (AvgIpc) is 3.30. The molecular formula is C21H26N6O3. The number of amides is 1. The van der Waals surface area contributed by atoms with Crippen molar-refractivity contribution in [3.8, 4) is 17.4 Å². The summed E-state index contributed by atoms with van der Waals surface area (Å²) in [7, 11) is 5.10. The maximum absolute atomic E-state index is 12.3. The Morgan fingerprint density at radius 1 is 1.13 bits per heavy atom. The quantitative estimate of drug-likeness (QED) is 0.577. The number of methoxy groups -OCH3 is 2. The van der Waals surface area contributed by atoms with E-state index in [9.17, 15) is 4.79 Å². The molecule has 1 N–H and O–H groups in total. The van der Waals surface area contributed by atoms with E-state index in [0.717, 1.165) is 17.1 Å². The first-order valence-corrected chi connectivity index (χ1v) is 9.52. The van der Waals surface area contributed by atoms with Gasteiger partial charge in [-0.15, -0.1) is 0 Å². The van der Waals surface area contributed by atoms with Gasteiger partial charge in [0.1, 0.15) is 23.6 Å². The van der Waals surface area contributed by atoms with E-state index in [-0.39, 0.29) is 5.91 Å². The Bertz CT molecular complexity index is 968. The second kappa shape index (κ2) is 9.73. The molecule has 9 nitrogen and oxygen atoms in total. The number of hydrogen-bond donors (Lipinski definition) is 1. The monoisotopic (exact) mass is 410 g/mol. The molecule has 0 radical (unpaired) electrons. The van der Waals surface area contributed by atoms with Crippen molar-refractivity contribution in [3.05, 3.63) is 54.2 Å². The minimum Gasteiger partial charge on any atom is -0.497 e. The van der Waals surface area contributed by atoms with E-state index in [2.05, 4.69) is 20.3 Å². The number of nitrogens with zero attached hydrogens (tertiary/aromatic N) is 5. The molecule has 0 aliphatic heterocycles. The number of nitrogens with one attached hydrogen (secondary N) is 1. The highest BCUT2D eigenvalue weighted by Crippen LogP contribution is 2.22. The lowest BCUT2D eigenvalue weighted by atomic mass is 10.2. The maximum Gasteiger partial charge on any atom is 0.237 e. The number of ether oxygens (including phenoxy) is 2. The number of aryl methyl sites for hydroxylation is 1. The summed E-state index contributed by atoms with van der Waals surface area (Å²) in [6, 6.07) is 7.43. The third-order valence-corrected chi connectivity index (χ3v) is 4.53. The Kier molecular flexibility index (Phi) is 6.84. The van der Waals surface area contributed by atoms with Crippen molar-refractivity contribution in [2.45, 2.75) is 19.9 Å². The molecule has 158 valence electrons. The van der Waals surface area contributed by atoms with E-state index < -0.39 is 0 Å². The number of aromatic nitrogens is 4. The van der Waals surface area contributed by atoms with E-state index >= 15 is 0 Å². The molecule has 0 bridgehead atoms. The summed E-state index contributed by atoms with van der Waals surface area (Å²) in [6.45, 7) is 2.83. The molecular weight excluding hydrogens is 384 g/mol. The van der Waals surface area contributed by atoms with Gasteiger partial charge in [-0.3, -0.25) is 9.36 Å². The van der Waals surface area contributed by atoms with Gasteiger partial charge < -0.3 is 19.7 Å². The van der Waals surface area contributed by atoms with E-state index in [0.29, 0.717) is 37.0 Å². The van der Waals surface area contributed by atoms with Gasteiger partial charge in [-0.2, -0.15) is 4.98 Å². The summed E-state index contributed by atoms with van der Waals surface area (Å²) in [5.41, 5.74) is 1.75. The molecule has 2 aromatic heterocycles. The summed E-state index contributed by atoms with van der Waals surface area (Å²) in [5.74, 6) is 2.61. The summed E-state index contributed by atoms with van der Waals surface area (Å²) in [4.78, 5) is 27.3. The Balaban J connectivity index is 1.56. The number of rotatable bonds is 9. The molecule has 30 heavy (non-hydrogen) atoms. The third-order valence-electron chi connectivity index (χ3n) is 4.53. The SMILES string of the molecule is COc1cc(CNC(=O)CCN(C)c2cc(C)nc(-n3ccnc3)n2)cc(OC)c1. The van der Waals surface area contributed by atoms with E-state index in [1.54, 1.807) is 43.6 Å². The summed E-state index contributed by atoms with van der Waals surface area (Å²) >= 11 is 0. The smallest absolute Gasteiger partial charge is 0.237 e. The van der Waals surface area contributed by atoms with Gasteiger partial charge in [0.05, 0.1) is 14.2 Å². The lowest BCUT2D eigenvalue weighted by molar-refractivity contribution is -0.121. The van der Waals surface area contributed by atoms with Gasteiger partial charge in [0, 0.05) is 56.8 Å². The molecule has 0 fully saturated rings. The molecule has 1 aromatic carbocycles. The lowest BCUT2D eigenvalue weighted by Gasteiger charge is -2.19. The molecule has 0 aliphatic carbocycles. The Labute approximate surface area is 175 Å². The van der Waals surface area contributed by atoms with Crippen LogP contribution in [0.1, 0.15) is 17.7 Å². The molecule has 0 spiro atoms. The number of carbonyl (C=O) groups is 1. The molecule has 0 atom stereocenters. The van der Waals surface area contributed by atoms with Crippen LogP contribution in [0.15, 0.2) is 43.0 Å². The van der Waals surface area contributed by atoms with Crippen molar-refractivity contribution in [1.29, 1.82) is 0 Å². The number of hydrogen-bond acceptors (Lipinski definition) is 7. The predicted octanol–water partition coefficient (Wildman–Crippen LogP) is 2.13. The van der Waals surface area contributed by atoms with E-state index in [4.69, 9.17) is 9.47 Å². The van der Waals surface area contributed by atoms with Crippen LogP contribution in [0.25, 0.3) is 5.95 Å². The second-order valence-electron chi connectivity index (χ2n) is 6.81. The molecule has 2 heterocycles. The Hall–Kier alpha value is -3.62. The van der Waals surface area contributed by atoms with Crippen LogP contribution in [0.5, 0.6) is 11.5 Å². The van der Waals surface area contributed by atoms with Gasteiger partial charge in [-0.1, -0.05) is 0 Å². The first kappa shape index (κ1) is 21.1. The fraction of sp³-hybridized carbons (Fsp3) is 0.333. The number of benzene rings is 1. The highest BCUT2D eigenvalue weighted by molar-refractivity contribution is 5.76. The highest BCUT2D eigenvalue weighted by Gasteiger charge is 2.11. The first-order chi connectivity index (χ1) is 14.5. The predicted molar refractivity (Wildman–Crippen MR) is 113 cm³/mol. The van der Waals surface area contributed by atoms with Crippen molar-refractivity contribution in [2.75, 3.05) is 32.7 Å². The minimum atomic E-state index is -0.0516. The number of carbonyl (C=O) groups excluding carboxylic acids is 1. The van der Waals surface area contributed by atoms with Gasteiger partial charge in [0.25, 0.3) is 0 Å². The lowest BCUT2D eigenvalue weighted by Crippen LogP contribution is -2.29. The van der Waals surface area contributed by atoms with Crippen LogP contribution in [0.3, 0.4) is 0 Å². The van der Waals surface area contributed by atoms with Crippen LogP contribution in [-0.4, -0.2) is 53.2 Å². The Morgan fingerprint density at radius 3 is 2.50 bits per heavy atom. The van der Waals surface area contributed by atoms with Crippen molar-refractivity contribution in [1.82, 2.24) is 24.8 Å². The Morgan fingerprint density at radius 2 is 1.87 bits per heavy atom. The van der Waals surface area contributed by atoms with E-state index in [1.165, 1.54) is 0 Å². The van der Waals surface area contributed by atoms with Crippen molar-refractivity contribution < 1.29 is 14.3 Å². The zero-order chi connectivity index (χ0) is 21.5. The molecule has 0 aliphatic rings. The van der Waals surface area contributed by atoms with Crippen LogP contribution in [0.4, 0.5) is 5.82 Å². The zero-order valence-corrected chi connectivity index (χ0v) is 17.6. The summed E-state index contributed by atoms with van der Waals surface area (Å²) in [6.07, 6.45) is 5.46. The first-order valence-electron chi connectivity index (χ1n) is 9.52. The maximum atomic E-state index is 12.3. The topological polar surface area (TPSA) is 94.4 Å². The van der Waals surface area contributed by atoms with Crippen LogP contribution >= 0.6 is 0 Å². The van der Waals surface area contributed by atoms with Crippen LogP contribution in [0, 0.1) is 6.92 Å². The largest absolute Gasteiger partial charge is 0.497 e. The highest BCUT2D eigenvalue weighted by atomic mass is 16.5. The number of imidazole rings is 1. The zero-order valence-electron chi connectivity index (χ0n) is 17.6. The van der Waals surface area contributed by atoms with Crippen LogP contribution < -0.4 is 19.7 Å². The molecule has 9 heteroatoms. The standard InChI is InChI=1S/C21H26N6O3/c1-15-9-19(25-21(24-15)27-8-6-22-14-27)26(2)7-5-20(28)23-13-16-10-17(29-3)12-18(11-16)30-4/h6,8-12,14H,5,7,13H2,1-4H3,(H,23,28). The van der Waals surface area contributed by atoms with E-state index in [1.807, 2.05) is 37.1 Å². The molecule has 1 amide bonds. The van der Waals surface area contributed by atoms with Gasteiger partial charge in [-0.05, 0) is 24.6 Å². The number of anilines is 1. The fourth-order valence-corrected chi connectivity index (χ4v) is 2.87. The minimum absolute atomic E-state index is 0.0516. The van der Waals surface area contributed by atoms with Gasteiger partial charge in [0.15, 0.2) is 0 Å². The van der Waals surface area contributed by atoms with Gasteiger partial charge in [0.2, 0.25) is 11.9 Å². The normalized spacial score (nSPS) is 10.5. The summed E-state index contributed by atoms with van der Waals surface area (Å²) in [5, 5.41) is 2.93. The molecule has 0 saturated carbocycles. The van der Waals surface area contributed by atoms with Gasteiger partial charge >= 0.3 is 0 Å². The molecule has 0 unspecified atom stereocenters. The fourth-order valence-electron chi connectivity index (χ4n) is 2.87. The van der Waals surface area contributed by atoms with Crippen LogP contribution in [0.2, 0.25) is 0 Å². The van der Waals surface area contributed by atoms with Gasteiger partial charge in [-0.25, -0.2) is 9.97 Å². The average molecular weight is 410 g/mol. The third kappa shape index (κ3) is 5.47. The van der Waals surface area contributed by atoms with Crippen molar-refractivity contribution in [3.63, 3.8) is 0 Å². The molecule has 0 saturated heterocycles. The van der Waals surface area contributed by atoms with Crippen LogP contribution in [-0.2, 0) is 11.3 Å². The molecule has 3 rings (SSSR count). The van der Waals surface area contributed by atoms with Crippen molar-refractivity contribution >= 4 is 11.7 Å². The second-order valence-corrected chi connectivity index (χ2v) is 6.81. The van der Waals surface area contributed by atoms with Crippen molar-refractivity contribution in [2.24, 2.45) is 0 Å².